The quantitative estimate of drug-likeness (QED) is 0.740. The maximum absolute atomic E-state index is 11.7. The monoisotopic (exact) mass is 268 g/mol. The molecule has 0 aliphatic heterocycles. The van der Waals surface area contributed by atoms with E-state index in [4.69, 9.17) is 0 Å². The standard InChI is InChI=1S/C13H16O4S/c1-10(14)4-3-5-13(15)11-6-8-12(9-7-11)18(2,16)17/h6-9H,3-5H2,1-2H3. The highest BCUT2D eigenvalue weighted by Crippen LogP contribution is 2.13. The number of hydrogen-bond donors (Lipinski definition) is 0. The van der Waals surface area contributed by atoms with E-state index >= 15 is 0 Å². The lowest BCUT2D eigenvalue weighted by molar-refractivity contribution is -0.117. The van der Waals surface area contributed by atoms with Crippen LogP contribution in [0.15, 0.2) is 29.2 Å². The van der Waals surface area contributed by atoms with Crippen LogP contribution in [0, 0.1) is 0 Å². The van der Waals surface area contributed by atoms with Crippen molar-refractivity contribution in [3.8, 4) is 0 Å². The number of benzene rings is 1. The molecule has 0 aromatic heterocycles. The van der Waals surface area contributed by atoms with Crippen molar-refractivity contribution in [1.29, 1.82) is 0 Å². The summed E-state index contributed by atoms with van der Waals surface area (Å²) in [5.41, 5.74) is 0.478. The fourth-order valence-corrected chi connectivity index (χ4v) is 2.16. The van der Waals surface area contributed by atoms with E-state index in [0.29, 0.717) is 24.8 Å². The molecule has 0 fully saturated rings. The number of rotatable bonds is 6. The average molecular weight is 268 g/mol. The van der Waals surface area contributed by atoms with Gasteiger partial charge in [0.2, 0.25) is 0 Å². The maximum Gasteiger partial charge on any atom is 0.175 e. The summed E-state index contributed by atoms with van der Waals surface area (Å²) in [5, 5.41) is 0. The molecule has 0 unspecified atom stereocenters. The third kappa shape index (κ3) is 4.41. The normalized spacial score (nSPS) is 11.2. The Bertz CT molecular complexity index is 541. The lowest BCUT2D eigenvalue weighted by Crippen LogP contribution is -2.02. The first-order chi connectivity index (χ1) is 8.30. The Morgan fingerprint density at radius 3 is 2.06 bits per heavy atom. The molecule has 0 atom stereocenters. The van der Waals surface area contributed by atoms with E-state index in [9.17, 15) is 18.0 Å². The second kappa shape index (κ2) is 5.91. The van der Waals surface area contributed by atoms with Crippen LogP contribution in [0.3, 0.4) is 0 Å². The summed E-state index contributed by atoms with van der Waals surface area (Å²) in [6.45, 7) is 1.49. The van der Waals surface area contributed by atoms with Crippen molar-refractivity contribution in [2.75, 3.05) is 6.26 Å². The molecule has 18 heavy (non-hydrogen) atoms. The van der Waals surface area contributed by atoms with Crippen LogP contribution in [-0.4, -0.2) is 26.2 Å². The van der Waals surface area contributed by atoms with Gasteiger partial charge in [-0.2, -0.15) is 0 Å². The van der Waals surface area contributed by atoms with Gasteiger partial charge in [0.25, 0.3) is 0 Å². The van der Waals surface area contributed by atoms with Gasteiger partial charge in [0, 0.05) is 24.7 Å². The van der Waals surface area contributed by atoms with Gasteiger partial charge in [-0.3, -0.25) is 4.79 Å². The predicted octanol–water partition coefficient (Wildman–Crippen LogP) is 2.03. The first-order valence-corrected chi connectivity index (χ1v) is 7.52. The minimum Gasteiger partial charge on any atom is -0.300 e. The van der Waals surface area contributed by atoms with Crippen molar-refractivity contribution < 1.29 is 18.0 Å². The van der Waals surface area contributed by atoms with Crippen molar-refractivity contribution in [1.82, 2.24) is 0 Å². The van der Waals surface area contributed by atoms with Crippen LogP contribution < -0.4 is 0 Å². The minimum absolute atomic E-state index is 0.0650. The summed E-state index contributed by atoms with van der Waals surface area (Å²) in [7, 11) is -3.23. The lowest BCUT2D eigenvalue weighted by atomic mass is 10.0. The van der Waals surface area contributed by atoms with Crippen LogP contribution in [-0.2, 0) is 14.6 Å². The zero-order valence-electron chi connectivity index (χ0n) is 10.5. The molecule has 0 bridgehead atoms. The van der Waals surface area contributed by atoms with E-state index in [0.717, 1.165) is 6.26 Å². The van der Waals surface area contributed by atoms with Crippen molar-refractivity contribution in [3.05, 3.63) is 29.8 Å². The summed E-state index contributed by atoms with van der Waals surface area (Å²) < 4.78 is 22.5. The van der Waals surface area contributed by atoms with Crippen molar-refractivity contribution >= 4 is 21.4 Å². The van der Waals surface area contributed by atoms with E-state index in [1.54, 1.807) is 0 Å². The molecule has 1 aromatic rings. The van der Waals surface area contributed by atoms with Crippen LogP contribution in [0.1, 0.15) is 36.5 Å². The molecular formula is C13H16O4S. The van der Waals surface area contributed by atoms with Gasteiger partial charge in [0.05, 0.1) is 4.90 Å². The average Bonchev–Trinajstić information content (AvgIpc) is 2.27. The molecule has 0 heterocycles. The van der Waals surface area contributed by atoms with Gasteiger partial charge >= 0.3 is 0 Å². The van der Waals surface area contributed by atoms with E-state index in [1.165, 1.54) is 31.2 Å². The van der Waals surface area contributed by atoms with Crippen LogP contribution >= 0.6 is 0 Å². The van der Waals surface area contributed by atoms with Crippen LogP contribution in [0.5, 0.6) is 0 Å². The summed E-state index contributed by atoms with van der Waals surface area (Å²) in [6.07, 6.45) is 2.35. The van der Waals surface area contributed by atoms with Gasteiger partial charge in [-0.05, 0) is 25.5 Å². The van der Waals surface area contributed by atoms with Gasteiger partial charge in [-0.25, -0.2) is 8.42 Å². The topological polar surface area (TPSA) is 68.3 Å². The van der Waals surface area contributed by atoms with Crippen molar-refractivity contribution in [2.24, 2.45) is 0 Å². The SMILES string of the molecule is CC(=O)CCCC(=O)c1ccc(S(C)(=O)=O)cc1. The Morgan fingerprint density at radius 1 is 1.06 bits per heavy atom. The van der Waals surface area contributed by atoms with Gasteiger partial charge < -0.3 is 4.79 Å². The number of carbonyl (C=O) groups is 2. The van der Waals surface area contributed by atoms with Crippen LogP contribution in [0.2, 0.25) is 0 Å². The summed E-state index contributed by atoms with van der Waals surface area (Å²) in [5.74, 6) is -0.00785. The van der Waals surface area contributed by atoms with Crippen molar-refractivity contribution in [2.45, 2.75) is 31.1 Å². The highest BCUT2D eigenvalue weighted by molar-refractivity contribution is 7.90. The lowest BCUT2D eigenvalue weighted by Gasteiger charge is -2.02. The molecule has 0 saturated carbocycles. The Morgan fingerprint density at radius 2 is 1.61 bits per heavy atom. The number of ketones is 2. The van der Waals surface area contributed by atoms with Gasteiger partial charge in [0.15, 0.2) is 15.6 Å². The van der Waals surface area contributed by atoms with Gasteiger partial charge in [-0.15, -0.1) is 0 Å². The number of carbonyl (C=O) groups excluding carboxylic acids is 2. The highest BCUT2D eigenvalue weighted by Gasteiger charge is 2.10. The third-order valence-electron chi connectivity index (χ3n) is 2.54. The minimum atomic E-state index is -3.23. The molecule has 0 radical (unpaired) electrons. The molecule has 1 aromatic carbocycles. The first-order valence-electron chi connectivity index (χ1n) is 5.63. The van der Waals surface area contributed by atoms with Crippen molar-refractivity contribution in [3.63, 3.8) is 0 Å². The predicted molar refractivity (Wildman–Crippen MR) is 68.4 cm³/mol. The molecule has 0 saturated heterocycles. The fourth-order valence-electron chi connectivity index (χ4n) is 1.53. The van der Waals surface area contributed by atoms with Gasteiger partial charge in [0.1, 0.15) is 5.78 Å². The second-order valence-electron chi connectivity index (χ2n) is 4.28. The molecule has 4 nitrogen and oxygen atoms in total. The van der Waals surface area contributed by atoms with Gasteiger partial charge in [-0.1, -0.05) is 12.1 Å². The number of sulfone groups is 1. The molecule has 0 aliphatic rings. The Labute approximate surface area is 107 Å². The van der Waals surface area contributed by atoms with E-state index in [-0.39, 0.29) is 16.5 Å². The second-order valence-corrected chi connectivity index (χ2v) is 6.29. The molecule has 1 rings (SSSR count). The maximum atomic E-state index is 11.7. The van der Waals surface area contributed by atoms with E-state index in [1.807, 2.05) is 0 Å². The van der Waals surface area contributed by atoms with E-state index < -0.39 is 9.84 Å². The zero-order valence-corrected chi connectivity index (χ0v) is 11.3. The smallest absolute Gasteiger partial charge is 0.175 e. The molecule has 5 heteroatoms. The Kier molecular flexibility index (Phi) is 4.78. The zero-order chi connectivity index (χ0) is 13.8. The molecule has 0 N–H and O–H groups in total. The third-order valence-corrected chi connectivity index (χ3v) is 3.67. The molecular weight excluding hydrogens is 252 g/mol. The van der Waals surface area contributed by atoms with Crippen LogP contribution in [0.25, 0.3) is 0 Å². The van der Waals surface area contributed by atoms with E-state index in [2.05, 4.69) is 0 Å². The largest absolute Gasteiger partial charge is 0.300 e. The first kappa shape index (κ1) is 14.6. The molecule has 0 aliphatic carbocycles. The van der Waals surface area contributed by atoms with Crippen LogP contribution in [0.4, 0.5) is 0 Å². The number of hydrogen-bond acceptors (Lipinski definition) is 4. The number of Topliss-reactive ketones (excluding diaryl/α,β-unsaturated/α-hetero) is 2. The Hall–Kier alpha value is -1.49. The summed E-state index contributed by atoms with van der Waals surface area (Å²) >= 11 is 0. The molecule has 98 valence electrons. The molecule has 0 spiro atoms. The summed E-state index contributed by atoms with van der Waals surface area (Å²) in [6, 6.07) is 5.86. The Balaban J connectivity index is 2.68. The molecule has 0 amide bonds. The fraction of sp³-hybridized carbons (Fsp3) is 0.385. The highest BCUT2D eigenvalue weighted by atomic mass is 32.2. The summed E-state index contributed by atoms with van der Waals surface area (Å²) in [4.78, 5) is 22.7.